The predicted molar refractivity (Wildman–Crippen MR) is 33.1 cm³/mol. The highest BCUT2D eigenvalue weighted by Gasteiger charge is 2.17. The van der Waals surface area contributed by atoms with Gasteiger partial charge in [-0.15, -0.1) is 0 Å². The first-order valence-corrected chi connectivity index (χ1v) is 3.16. The van der Waals surface area contributed by atoms with Crippen LogP contribution in [0.3, 0.4) is 0 Å². The van der Waals surface area contributed by atoms with E-state index < -0.39 is 0 Å². The number of hydrogen-bond donors (Lipinski definition) is 3. The molecular formula is C5H12IN3O. The average molecular weight is 257 g/mol. The zero-order valence-corrected chi connectivity index (χ0v) is 7.85. The number of amides is 2. The maximum absolute atomic E-state index is 10.5. The van der Waals surface area contributed by atoms with Crippen LogP contribution >= 0.6 is 0 Å². The van der Waals surface area contributed by atoms with E-state index in [2.05, 4.69) is 5.32 Å². The Morgan fingerprint density at radius 3 is 2.20 bits per heavy atom. The molecule has 4 nitrogen and oxygen atoms in total. The number of quaternary nitrogens is 1. The molecule has 1 fully saturated rings. The molecule has 0 aromatic carbocycles. The summed E-state index contributed by atoms with van der Waals surface area (Å²) in [5.41, 5.74) is 5.06. The van der Waals surface area contributed by atoms with Crippen molar-refractivity contribution in [2.75, 3.05) is 26.2 Å². The highest BCUT2D eigenvalue weighted by atomic mass is 127. The van der Waals surface area contributed by atoms with Gasteiger partial charge in [0.2, 0.25) is 0 Å². The van der Waals surface area contributed by atoms with Crippen molar-refractivity contribution >= 4 is 6.03 Å². The van der Waals surface area contributed by atoms with E-state index in [4.69, 9.17) is 5.73 Å². The van der Waals surface area contributed by atoms with Crippen molar-refractivity contribution in [2.24, 2.45) is 5.73 Å². The molecule has 2 amide bonds. The standard InChI is InChI=1S/C5H11N3O.HI/c6-5(9)8-3-1-7-2-4-8;/h7H,1-4H2,(H2,6,9);1H. The van der Waals surface area contributed by atoms with Gasteiger partial charge in [0.05, 0.1) is 13.1 Å². The zero-order valence-electron chi connectivity index (χ0n) is 5.69. The third kappa shape index (κ3) is 2.80. The van der Waals surface area contributed by atoms with Gasteiger partial charge in [0.15, 0.2) is 0 Å². The molecule has 5 heteroatoms. The molecule has 0 atom stereocenters. The fraction of sp³-hybridized carbons (Fsp3) is 0.800. The minimum atomic E-state index is -0.225. The molecule has 0 unspecified atom stereocenters. The summed E-state index contributed by atoms with van der Waals surface area (Å²) in [6.07, 6.45) is 0. The molecule has 0 aromatic rings. The Labute approximate surface area is 77.1 Å². The summed E-state index contributed by atoms with van der Waals surface area (Å²) in [5, 5.41) is 3.14. The minimum Gasteiger partial charge on any atom is -1.00 e. The van der Waals surface area contributed by atoms with Gasteiger partial charge >= 0.3 is 6.03 Å². The topological polar surface area (TPSA) is 59.6 Å². The van der Waals surface area contributed by atoms with E-state index in [1.165, 1.54) is 0 Å². The number of carbonyl (C=O) groups excluding carboxylic acids is 1. The SMILES string of the molecule is NC(=O)[NH+]1CCNCC1.[I-]. The summed E-state index contributed by atoms with van der Waals surface area (Å²) in [4.78, 5) is 11.4. The molecule has 0 spiro atoms. The Hall–Kier alpha value is 0.120. The van der Waals surface area contributed by atoms with Crippen LogP contribution in [0.15, 0.2) is 0 Å². The fourth-order valence-electron chi connectivity index (χ4n) is 0.975. The molecule has 0 aromatic heterocycles. The lowest BCUT2D eigenvalue weighted by Crippen LogP contribution is -3.18. The molecular weight excluding hydrogens is 245 g/mol. The number of halogens is 1. The monoisotopic (exact) mass is 257 g/mol. The van der Waals surface area contributed by atoms with Crippen LogP contribution in [-0.2, 0) is 0 Å². The van der Waals surface area contributed by atoms with Gasteiger partial charge in [0.1, 0.15) is 0 Å². The van der Waals surface area contributed by atoms with Gasteiger partial charge in [-0.2, -0.15) is 0 Å². The molecule has 1 saturated heterocycles. The van der Waals surface area contributed by atoms with Crippen LogP contribution in [0.25, 0.3) is 0 Å². The number of piperazine rings is 1. The van der Waals surface area contributed by atoms with Crippen molar-refractivity contribution in [1.82, 2.24) is 5.32 Å². The minimum absolute atomic E-state index is 0. The van der Waals surface area contributed by atoms with Crippen LogP contribution in [0.4, 0.5) is 4.79 Å². The molecule has 1 aliphatic rings. The van der Waals surface area contributed by atoms with Gasteiger partial charge in [-0.25, -0.2) is 9.69 Å². The van der Waals surface area contributed by atoms with Crippen molar-refractivity contribution in [3.05, 3.63) is 0 Å². The van der Waals surface area contributed by atoms with Gasteiger partial charge in [-0.3, -0.25) is 0 Å². The third-order valence-corrected chi connectivity index (χ3v) is 1.56. The molecule has 0 aliphatic carbocycles. The summed E-state index contributed by atoms with van der Waals surface area (Å²) >= 11 is 0. The van der Waals surface area contributed by atoms with Crippen LogP contribution in [0.1, 0.15) is 0 Å². The maximum Gasteiger partial charge on any atom is 0.412 e. The Morgan fingerprint density at radius 2 is 1.90 bits per heavy atom. The Morgan fingerprint density at radius 1 is 1.40 bits per heavy atom. The van der Waals surface area contributed by atoms with Gasteiger partial charge in [-0.1, -0.05) is 0 Å². The smallest absolute Gasteiger partial charge is 0.412 e. The highest BCUT2D eigenvalue weighted by Crippen LogP contribution is 1.62. The molecule has 0 saturated carbocycles. The summed E-state index contributed by atoms with van der Waals surface area (Å²) in [6.45, 7) is 3.46. The first kappa shape index (κ1) is 10.1. The summed E-state index contributed by atoms with van der Waals surface area (Å²) < 4.78 is 0. The average Bonchev–Trinajstić information content (AvgIpc) is 1.90. The summed E-state index contributed by atoms with van der Waals surface area (Å²) in [5.74, 6) is 0. The summed E-state index contributed by atoms with van der Waals surface area (Å²) in [6, 6.07) is -0.225. The number of rotatable bonds is 0. The van der Waals surface area contributed by atoms with E-state index >= 15 is 0 Å². The quantitative estimate of drug-likeness (QED) is 0.379. The van der Waals surface area contributed by atoms with E-state index in [0.717, 1.165) is 31.1 Å². The second-order valence-corrected chi connectivity index (χ2v) is 2.22. The molecule has 60 valence electrons. The molecule has 10 heavy (non-hydrogen) atoms. The first-order chi connectivity index (χ1) is 4.30. The molecule has 4 N–H and O–H groups in total. The van der Waals surface area contributed by atoms with Crippen LogP contribution in [0.2, 0.25) is 0 Å². The van der Waals surface area contributed by atoms with E-state index in [0.29, 0.717) is 0 Å². The number of nitrogens with one attached hydrogen (secondary N) is 2. The van der Waals surface area contributed by atoms with Gasteiger partial charge in [-0.05, 0) is 0 Å². The van der Waals surface area contributed by atoms with Crippen LogP contribution < -0.4 is 39.9 Å². The van der Waals surface area contributed by atoms with Crippen molar-refractivity contribution in [3.63, 3.8) is 0 Å². The van der Waals surface area contributed by atoms with Crippen molar-refractivity contribution in [1.29, 1.82) is 0 Å². The van der Waals surface area contributed by atoms with E-state index in [-0.39, 0.29) is 30.0 Å². The second kappa shape index (κ2) is 4.86. The molecule has 1 heterocycles. The highest BCUT2D eigenvalue weighted by molar-refractivity contribution is 5.61. The molecule has 1 aliphatic heterocycles. The fourth-order valence-corrected chi connectivity index (χ4v) is 0.975. The van der Waals surface area contributed by atoms with Crippen molar-refractivity contribution in [3.8, 4) is 0 Å². The number of urea groups is 1. The van der Waals surface area contributed by atoms with Crippen molar-refractivity contribution < 1.29 is 33.7 Å². The van der Waals surface area contributed by atoms with Crippen LogP contribution in [0.5, 0.6) is 0 Å². The number of carbonyl (C=O) groups is 1. The Kier molecular flexibility index (Phi) is 4.92. The van der Waals surface area contributed by atoms with E-state index in [9.17, 15) is 4.79 Å². The Balaban J connectivity index is 0.000000810. The first-order valence-electron chi connectivity index (χ1n) is 3.16. The lowest BCUT2D eigenvalue weighted by atomic mass is 10.4. The maximum atomic E-state index is 10.5. The number of nitrogens with two attached hydrogens (primary N) is 1. The molecule has 0 radical (unpaired) electrons. The van der Waals surface area contributed by atoms with Crippen molar-refractivity contribution in [2.45, 2.75) is 0 Å². The predicted octanol–water partition coefficient (Wildman–Crippen LogP) is -5.44. The van der Waals surface area contributed by atoms with E-state index in [1.807, 2.05) is 0 Å². The Bertz CT molecular complexity index is 113. The van der Waals surface area contributed by atoms with Crippen LogP contribution in [-0.4, -0.2) is 32.2 Å². The van der Waals surface area contributed by atoms with Gasteiger partial charge in [0, 0.05) is 13.1 Å². The number of hydrogen-bond acceptors (Lipinski definition) is 2. The largest absolute Gasteiger partial charge is 1.00 e. The molecule has 1 rings (SSSR count). The zero-order chi connectivity index (χ0) is 6.69. The lowest BCUT2D eigenvalue weighted by molar-refractivity contribution is -0.816. The van der Waals surface area contributed by atoms with Gasteiger partial charge in [0.25, 0.3) is 0 Å². The number of primary amides is 1. The van der Waals surface area contributed by atoms with Gasteiger partial charge < -0.3 is 35.0 Å². The normalized spacial score (nSPS) is 19.6. The molecule has 0 bridgehead atoms. The third-order valence-electron chi connectivity index (χ3n) is 1.56. The lowest BCUT2D eigenvalue weighted by Gasteiger charge is -2.19. The van der Waals surface area contributed by atoms with Crippen LogP contribution in [0, 0.1) is 0 Å². The second-order valence-electron chi connectivity index (χ2n) is 2.22. The summed E-state index contributed by atoms with van der Waals surface area (Å²) in [7, 11) is 0. The van der Waals surface area contributed by atoms with E-state index in [1.54, 1.807) is 0 Å².